The van der Waals surface area contributed by atoms with Gasteiger partial charge in [-0.25, -0.2) is 13.1 Å². The van der Waals surface area contributed by atoms with E-state index in [1.807, 2.05) is 31.2 Å². The van der Waals surface area contributed by atoms with Gasteiger partial charge in [-0.15, -0.1) is 0 Å². The highest BCUT2D eigenvalue weighted by molar-refractivity contribution is 7.90. The van der Waals surface area contributed by atoms with Gasteiger partial charge in [0.05, 0.1) is 34.7 Å². The van der Waals surface area contributed by atoms with Crippen molar-refractivity contribution < 1.29 is 32.7 Å². The van der Waals surface area contributed by atoms with E-state index in [0.29, 0.717) is 25.4 Å². The van der Waals surface area contributed by atoms with E-state index in [9.17, 15) is 28.4 Å². The fourth-order valence-corrected chi connectivity index (χ4v) is 11.4. The molecule has 348 valence electrons. The maximum atomic E-state index is 13.3. The predicted molar refractivity (Wildman–Crippen MR) is 252 cm³/mol. The first-order chi connectivity index (χ1) is 31.1. The van der Waals surface area contributed by atoms with Crippen LogP contribution < -0.4 is 24.4 Å². The number of sulfonamides is 1. The Balaban J connectivity index is 0.857. The largest absolute Gasteiger partial charge is 0.497 e. The van der Waals surface area contributed by atoms with Crippen LogP contribution in [0.4, 0.5) is 17.1 Å². The van der Waals surface area contributed by atoms with E-state index >= 15 is 0 Å². The fraction of sp³-hybridized carbons (Fsp3) is 0.500. The molecule has 65 heavy (non-hydrogen) atoms. The van der Waals surface area contributed by atoms with E-state index in [1.165, 1.54) is 23.3 Å². The topological polar surface area (TPSA) is 167 Å². The number of carbonyl (C=O) groups excluding carboxylic acids is 1. The zero-order valence-corrected chi connectivity index (χ0v) is 38.9. The zero-order valence-electron chi connectivity index (χ0n) is 38.1. The fourth-order valence-electron chi connectivity index (χ4n) is 10.4. The zero-order chi connectivity index (χ0) is 45.9. The minimum Gasteiger partial charge on any atom is -0.497 e. The van der Waals surface area contributed by atoms with Crippen LogP contribution in [0.1, 0.15) is 99.7 Å². The number of anilines is 2. The van der Waals surface area contributed by atoms with Crippen LogP contribution in [0, 0.1) is 21.4 Å². The number of amides is 1. The Morgan fingerprint density at radius 2 is 1.62 bits per heavy atom. The molecule has 1 spiro atoms. The third-order valence-corrected chi connectivity index (χ3v) is 15.6. The third kappa shape index (κ3) is 10.9. The molecule has 4 aromatic carbocycles. The van der Waals surface area contributed by atoms with E-state index in [2.05, 4.69) is 75.0 Å². The monoisotopic (exact) mass is 908 g/mol. The Bertz CT molecular complexity index is 2400. The molecule has 2 saturated heterocycles. The van der Waals surface area contributed by atoms with Crippen molar-refractivity contribution >= 4 is 33.0 Å². The van der Waals surface area contributed by atoms with Gasteiger partial charge in [-0.3, -0.25) is 24.7 Å². The molecule has 3 N–H and O–H groups in total. The van der Waals surface area contributed by atoms with Gasteiger partial charge in [0.2, 0.25) is 0 Å². The van der Waals surface area contributed by atoms with E-state index in [0.717, 1.165) is 101 Å². The molecule has 4 aliphatic rings. The number of nitrogens with one attached hydrogen (secondary N) is 2. The average Bonchev–Trinajstić information content (AvgIpc) is 3.28. The summed E-state index contributed by atoms with van der Waals surface area (Å²) < 4.78 is 40.5. The van der Waals surface area contributed by atoms with Gasteiger partial charge in [-0.2, -0.15) is 0 Å². The van der Waals surface area contributed by atoms with Crippen molar-refractivity contribution in [3.8, 4) is 11.5 Å². The first kappa shape index (κ1) is 46.3. The molecule has 0 aromatic heterocycles. The first-order valence-electron chi connectivity index (χ1n) is 23.1. The van der Waals surface area contributed by atoms with Crippen LogP contribution in [0.3, 0.4) is 0 Å². The number of benzene rings is 4. The number of methoxy groups -OCH3 is 1. The molecular formula is C50H64N6O8S. The molecule has 15 heteroatoms. The van der Waals surface area contributed by atoms with Gasteiger partial charge < -0.3 is 24.8 Å². The lowest BCUT2D eigenvalue weighted by molar-refractivity contribution is -0.384. The van der Waals surface area contributed by atoms with Crippen LogP contribution in [0.2, 0.25) is 0 Å². The highest BCUT2D eigenvalue weighted by atomic mass is 32.2. The number of nitrogens with zero attached hydrogens (tertiary/aromatic N) is 4. The molecule has 1 atom stereocenters. The summed E-state index contributed by atoms with van der Waals surface area (Å²) in [5.74, 6) is 1.24. The van der Waals surface area contributed by atoms with Gasteiger partial charge in [-0.05, 0) is 144 Å². The minimum atomic E-state index is -4.41. The summed E-state index contributed by atoms with van der Waals surface area (Å²) in [4.78, 5) is 31.9. The SMILES string of the molecule is COc1ccc(CN2CCN(C3CC4(CCN(c5ccc(C(=O)NS(=O)(=O)c6ccc(NCC7CCC(C)(O)CC7)c([N+](=O)[O-])c6)cc5)CC4)C3)[C@@H](c3ccccc3OC(C)C)C2)cc1. The molecule has 8 rings (SSSR count). The maximum Gasteiger partial charge on any atom is 0.293 e. The highest BCUT2D eigenvalue weighted by Gasteiger charge is 2.50. The summed E-state index contributed by atoms with van der Waals surface area (Å²) in [6, 6.07) is 28.2. The molecule has 2 saturated carbocycles. The summed E-state index contributed by atoms with van der Waals surface area (Å²) in [5.41, 5.74) is 3.07. The van der Waals surface area contributed by atoms with Crippen molar-refractivity contribution in [1.82, 2.24) is 14.5 Å². The molecule has 2 aliphatic heterocycles. The Morgan fingerprint density at radius 1 is 0.923 bits per heavy atom. The van der Waals surface area contributed by atoms with E-state index in [-0.39, 0.29) is 39.6 Å². The number of para-hydroxylation sites is 1. The Morgan fingerprint density at radius 3 is 2.28 bits per heavy atom. The number of hydrogen-bond donors (Lipinski definition) is 3. The molecule has 14 nitrogen and oxygen atoms in total. The van der Waals surface area contributed by atoms with Gasteiger partial charge in [0, 0.05) is 74.7 Å². The van der Waals surface area contributed by atoms with Gasteiger partial charge in [0.15, 0.2) is 0 Å². The number of piperazine rings is 1. The average molecular weight is 909 g/mol. The molecular weight excluding hydrogens is 845 g/mol. The number of hydrogen-bond acceptors (Lipinski definition) is 12. The second-order valence-corrected chi connectivity index (χ2v) is 21.0. The molecule has 1 amide bonds. The summed E-state index contributed by atoms with van der Waals surface area (Å²) >= 11 is 0. The molecule has 0 radical (unpaired) electrons. The lowest BCUT2D eigenvalue weighted by atomic mass is 9.59. The standard InChI is InChI=1S/C50H64N6O8S/c1-35(2)64-47-8-6-5-7-43(47)46-34-53(33-37-9-15-41(63-4)16-10-37)27-28-55(46)40-30-50(31-40)23-25-54(26-24-50)39-13-11-38(12-14-39)48(57)52-65(61,62)42-17-18-44(45(29-42)56(59)60)51-32-36-19-21-49(3,58)22-20-36/h5-18,29,35-36,40,46,51,58H,19-28,30-34H2,1-4H3,(H,52,57)/t36?,46-,49?/m1/s1. The van der Waals surface area contributed by atoms with Crippen molar-refractivity contribution in [2.24, 2.45) is 11.3 Å². The number of piperidine rings is 1. The van der Waals surface area contributed by atoms with Gasteiger partial charge in [0.1, 0.15) is 17.2 Å². The van der Waals surface area contributed by atoms with Crippen LogP contribution in [-0.4, -0.2) is 98.3 Å². The molecule has 2 heterocycles. The van der Waals surface area contributed by atoms with Crippen LogP contribution in [0.25, 0.3) is 0 Å². The molecule has 4 aromatic rings. The molecule has 0 bridgehead atoms. The number of nitro benzene ring substituents is 1. The number of rotatable bonds is 15. The third-order valence-electron chi connectivity index (χ3n) is 14.3. The number of ether oxygens (including phenoxy) is 2. The van der Waals surface area contributed by atoms with Gasteiger partial charge in [-0.1, -0.05) is 30.3 Å². The maximum absolute atomic E-state index is 13.3. The first-order valence-corrected chi connectivity index (χ1v) is 24.6. The van der Waals surface area contributed by atoms with E-state index in [1.54, 1.807) is 19.2 Å². The summed E-state index contributed by atoms with van der Waals surface area (Å²) in [5, 5.41) is 25.3. The normalized spacial score (nSPS) is 22.9. The van der Waals surface area contributed by atoms with Crippen LogP contribution in [0.5, 0.6) is 11.5 Å². The lowest BCUT2D eigenvalue weighted by Crippen LogP contribution is -2.59. The number of carbonyl (C=O) groups is 1. The predicted octanol–water partition coefficient (Wildman–Crippen LogP) is 8.17. The quantitative estimate of drug-likeness (QED) is 0.0775. The lowest BCUT2D eigenvalue weighted by Gasteiger charge is -2.58. The van der Waals surface area contributed by atoms with Crippen molar-refractivity contribution in [2.45, 2.75) is 107 Å². The van der Waals surface area contributed by atoms with Crippen molar-refractivity contribution in [3.63, 3.8) is 0 Å². The number of nitro groups is 1. The van der Waals surface area contributed by atoms with E-state index < -0.39 is 32.1 Å². The van der Waals surface area contributed by atoms with E-state index in [4.69, 9.17) is 9.47 Å². The van der Waals surface area contributed by atoms with Gasteiger partial charge >= 0.3 is 0 Å². The molecule has 4 fully saturated rings. The Kier molecular flexibility index (Phi) is 13.8. The Hall–Kier alpha value is -5.22. The van der Waals surface area contributed by atoms with Crippen LogP contribution >= 0.6 is 0 Å². The van der Waals surface area contributed by atoms with Crippen molar-refractivity contribution in [3.05, 3.63) is 118 Å². The Labute approximate surface area is 383 Å². The van der Waals surface area contributed by atoms with Crippen LogP contribution in [0.15, 0.2) is 95.9 Å². The smallest absolute Gasteiger partial charge is 0.293 e. The summed E-state index contributed by atoms with van der Waals surface area (Å²) in [6.45, 7) is 12.0. The van der Waals surface area contributed by atoms with Crippen molar-refractivity contribution in [2.75, 3.05) is 56.6 Å². The highest BCUT2D eigenvalue weighted by Crippen LogP contribution is 2.53. The van der Waals surface area contributed by atoms with Crippen molar-refractivity contribution in [1.29, 1.82) is 0 Å². The van der Waals surface area contributed by atoms with Gasteiger partial charge in [0.25, 0.3) is 21.6 Å². The summed E-state index contributed by atoms with van der Waals surface area (Å²) in [7, 11) is -2.72. The van der Waals surface area contributed by atoms with Crippen LogP contribution in [-0.2, 0) is 16.6 Å². The molecule has 0 unspecified atom stereocenters. The summed E-state index contributed by atoms with van der Waals surface area (Å²) in [6.07, 6.45) is 7.41. The second-order valence-electron chi connectivity index (χ2n) is 19.3. The minimum absolute atomic E-state index is 0.0778. The number of aliphatic hydroxyl groups is 1. The molecule has 2 aliphatic carbocycles. The second kappa shape index (κ2) is 19.3.